The molecule has 1 saturated heterocycles. The van der Waals surface area contributed by atoms with Crippen LogP contribution in [0.2, 0.25) is 0 Å². The van der Waals surface area contributed by atoms with Crippen molar-refractivity contribution in [1.29, 1.82) is 0 Å². The summed E-state index contributed by atoms with van der Waals surface area (Å²) in [6.45, 7) is 7.40. The van der Waals surface area contributed by atoms with E-state index in [2.05, 4.69) is 53.9 Å². The van der Waals surface area contributed by atoms with Crippen LogP contribution < -0.4 is 10.4 Å². The number of tetrazole rings is 1. The number of pyridine rings is 1. The second-order valence-corrected chi connectivity index (χ2v) is 10.2. The molecule has 1 fully saturated rings. The van der Waals surface area contributed by atoms with Crippen LogP contribution in [0.15, 0.2) is 29.1 Å². The van der Waals surface area contributed by atoms with Gasteiger partial charge in [-0.05, 0) is 79.1 Å². The van der Waals surface area contributed by atoms with E-state index in [1.165, 1.54) is 38.5 Å². The predicted octanol–water partition coefficient (Wildman–Crippen LogP) is 4.60. The molecule has 0 aliphatic carbocycles. The van der Waals surface area contributed by atoms with Gasteiger partial charge in [-0.2, -0.15) is 0 Å². The number of benzene rings is 1. The molecule has 4 aromatic rings. The molecule has 37 heavy (non-hydrogen) atoms. The summed E-state index contributed by atoms with van der Waals surface area (Å²) < 4.78 is 8.11. The number of nitrogens with one attached hydrogen (secondary N) is 2. The van der Waals surface area contributed by atoms with Crippen molar-refractivity contribution < 1.29 is 4.74 Å². The number of ether oxygens (including phenoxy) is 1. The average molecular weight is 507 g/mol. The van der Waals surface area contributed by atoms with Crippen LogP contribution in [0.25, 0.3) is 22.1 Å². The molecule has 10 nitrogen and oxygen atoms in total. The molecule has 2 N–H and O–H groups in total. The van der Waals surface area contributed by atoms with Crippen LogP contribution in [0.1, 0.15) is 77.2 Å². The Hall–Kier alpha value is -3.27. The van der Waals surface area contributed by atoms with Crippen LogP contribution in [0.5, 0.6) is 5.75 Å². The van der Waals surface area contributed by atoms with Crippen molar-refractivity contribution in [1.82, 2.24) is 40.1 Å². The van der Waals surface area contributed by atoms with Gasteiger partial charge >= 0.3 is 5.69 Å². The molecule has 0 amide bonds. The summed E-state index contributed by atoms with van der Waals surface area (Å²) in [4.78, 5) is 24.1. The van der Waals surface area contributed by atoms with E-state index in [4.69, 9.17) is 4.74 Å². The summed E-state index contributed by atoms with van der Waals surface area (Å²) in [7, 11) is 0. The van der Waals surface area contributed by atoms with Gasteiger partial charge < -0.3 is 9.72 Å². The van der Waals surface area contributed by atoms with Gasteiger partial charge in [-0.3, -0.25) is 9.88 Å². The molecule has 1 atom stereocenters. The van der Waals surface area contributed by atoms with E-state index in [0.717, 1.165) is 60.7 Å². The first-order valence-corrected chi connectivity index (χ1v) is 13.8. The minimum atomic E-state index is -0.255. The first-order valence-electron chi connectivity index (χ1n) is 13.8. The maximum absolute atomic E-state index is 11.6. The fourth-order valence-corrected chi connectivity index (χ4v) is 5.66. The lowest BCUT2D eigenvalue weighted by molar-refractivity contribution is 0.0611. The van der Waals surface area contributed by atoms with Crippen molar-refractivity contribution in [3.8, 4) is 5.75 Å². The maximum Gasteiger partial charge on any atom is 0.325 e. The largest absolute Gasteiger partial charge is 0.494 e. The molecule has 198 valence electrons. The number of hydrogen-bond acceptors (Lipinski definition) is 7. The number of nitrogens with zero attached hydrogens (tertiary/aromatic N) is 6. The van der Waals surface area contributed by atoms with Gasteiger partial charge in [-0.1, -0.05) is 26.7 Å². The number of aryl methyl sites for hydroxylation is 1. The molecule has 0 saturated carbocycles. The van der Waals surface area contributed by atoms with Crippen LogP contribution >= 0.6 is 0 Å². The highest BCUT2D eigenvalue weighted by molar-refractivity contribution is 5.89. The highest BCUT2D eigenvalue weighted by Gasteiger charge is 2.28. The fraction of sp³-hybridized carbons (Fsp3) is 0.593. The lowest BCUT2D eigenvalue weighted by Crippen LogP contribution is -2.41. The van der Waals surface area contributed by atoms with Crippen molar-refractivity contribution in [2.45, 2.75) is 77.8 Å². The third-order valence-corrected chi connectivity index (χ3v) is 7.39. The Morgan fingerprint density at radius 1 is 1.14 bits per heavy atom. The summed E-state index contributed by atoms with van der Waals surface area (Å²) in [5, 5.41) is 13.8. The minimum Gasteiger partial charge on any atom is -0.494 e. The smallest absolute Gasteiger partial charge is 0.325 e. The van der Waals surface area contributed by atoms with Crippen LogP contribution in [-0.2, 0) is 6.42 Å². The quantitative estimate of drug-likeness (QED) is 0.270. The maximum atomic E-state index is 11.6. The number of hydrogen-bond donors (Lipinski definition) is 2. The number of rotatable bonds is 12. The number of piperidine rings is 1. The second-order valence-electron chi connectivity index (χ2n) is 10.2. The Bertz CT molecular complexity index is 1350. The number of aromatic nitrogens is 7. The molecule has 0 radical (unpaired) electrons. The lowest BCUT2D eigenvalue weighted by Gasteiger charge is -2.38. The highest BCUT2D eigenvalue weighted by atomic mass is 16.5. The van der Waals surface area contributed by atoms with Gasteiger partial charge in [0.05, 0.1) is 17.6 Å². The number of H-pyrrole nitrogens is 2. The standard InChI is InChI=1S/C27H38N8O2/c1-3-8-19(9-4-2)18-34-14-6-5-11-25(34)35-24(31-32-33-35)10-7-15-37-21-12-13-22-20(16-21)17-23-26(28-22)30-27(36)29-23/h12-13,16-17,19,25H,3-11,14-15,18H2,1-2H3,(H2,28,29,30,36). The Balaban J connectivity index is 1.19. The van der Waals surface area contributed by atoms with Crippen molar-refractivity contribution in [3.05, 3.63) is 40.6 Å². The SMILES string of the molecule is CCCC(CCC)CN1CCCCC1n1nnnc1CCCOc1ccc2nc3[nH]c(=O)[nH]c3cc2c1. The predicted molar refractivity (Wildman–Crippen MR) is 144 cm³/mol. The van der Waals surface area contributed by atoms with Gasteiger partial charge in [-0.15, -0.1) is 5.10 Å². The first-order chi connectivity index (χ1) is 18.1. The van der Waals surface area contributed by atoms with E-state index in [1.807, 2.05) is 24.3 Å². The van der Waals surface area contributed by atoms with Crippen LogP contribution in [-0.4, -0.2) is 59.8 Å². The van der Waals surface area contributed by atoms with E-state index in [1.54, 1.807) is 0 Å². The minimum absolute atomic E-state index is 0.251. The third-order valence-electron chi connectivity index (χ3n) is 7.39. The normalized spacial score (nSPS) is 16.8. The summed E-state index contributed by atoms with van der Waals surface area (Å²) in [5.41, 5.74) is 1.81. The Morgan fingerprint density at radius 2 is 2.00 bits per heavy atom. The van der Waals surface area contributed by atoms with Gasteiger partial charge in [0.2, 0.25) is 0 Å². The molecule has 5 rings (SSSR count). The molecule has 0 spiro atoms. The molecule has 10 heteroatoms. The zero-order valence-corrected chi connectivity index (χ0v) is 21.9. The van der Waals surface area contributed by atoms with Crippen molar-refractivity contribution >= 4 is 22.1 Å². The van der Waals surface area contributed by atoms with E-state index in [-0.39, 0.29) is 11.9 Å². The Kier molecular flexibility index (Phi) is 8.13. The molecule has 1 aliphatic heterocycles. The highest BCUT2D eigenvalue weighted by Crippen LogP contribution is 2.29. The van der Waals surface area contributed by atoms with Crippen molar-refractivity contribution in [2.24, 2.45) is 5.92 Å². The fourth-order valence-electron chi connectivity index (χ4n) is 5.66. The molecule has 4 heterocycles. The number of likely N-dealkylation sites (tertiary alicyclic amines) is 1. The van der Waals surface area contributed by atoms with Crippen LogP contribution in [0.4, 0.5) is 0 Å². The Morgan fingerprint density at radius 3 is 2.84 bits per heavy atom. The third kappa shape index (κ3) is 6.01. The van der Waals surface area contributed by atoms with Gasteiger partial charge in [0, 0.05) is 24.9 Å². The zero-order chi connectivity index (χ0) is 25.6. The first kappa shape index (κ1) is 25.4. The van der Waals surface area contributed by atoms with Crippen LogP contribution in [0.3, 0.4) is 0 Å². The van der Waals surface area contributed by atoms with Gasteiger partial charge in [0.15, 0.2) is 11.5 Å². The summed E-state index contributed by atoms with van der Waals surface area (Å²) in [6, 6.07) is 7.70. The van der Waals surface area contributed by atoms with E-state index < -0.39 is 0 Å². The molecule has 1 unspecified atom stereocenters. The molecule has 1 aliphatic rings. The monoisotopic (exact) mass is 506 g/mol. The number of fused-ring (bicyclic) bond motifs is 2. The summed E-state index contributed by atoms with van der Waals surface area (Å²) in [6.07, 6.45) is 10.5. The molecular weight excluding hydrogens is 468 g/mol. The molecular formula is C27H38N8O2. The number of imidazole rings is 1. The topological polar surface area (TPSA) is 118 Å². The second kappa shape index (κ2) is 11.9. The average Bonchev–Trinajstić information content (AvgIpc) is 3.51. The van der Waals surface area contributed by atoms with Crippen molar-refractivity contribution in [3.63, 3.8) is 0 Å². The van der Waals surface area contributed by atoms with E-state index in [9.17, 15) is 4.79 Å². The van der Waals surface area contributed by atoms with Gasteiger partial charge in [0.25, 0.3) is 0 Å². The van der Waals surface area contributed by atoms with Gasteiger partial charge in [-0.25, -0.2) is 14.5 Å². The molecule has 3 aromatic heterocycles. The summed E-state index contributed by atoms with van der Waals surface area (Å²) >= 11 is 0. The molecule has 0 bridgehead atoms. The Labute approximate surface area is 216 Å². The van der Waals surface area contributed by atoms with Gasteiger partial charge in [0.1, 0.15) is 11.9 Å². The lowest BCUT2D eigenvalue weighted by atomic mass is 9.96. The van der Waals surface area contributed by atoms with E-state index >= 15 is 0 Å². The van der Waals surface area contributed by atoms with E-state index in [0.29, 0.717) is 17.8 Å². The van der Waals surface area contributed by atoms with Crippen molar-refractivity contribution in [2.75, 3.05) is 19.7 Å². The van der Waals surface area contributed by atoms with Crippen LogP contribution in [0, 0.1) is 5.92 Å². The summed E-state index contributed by atoms with van der Waals surface area (Å²) in [5.74, 6) is 2.46. The number of aromatic amines is 2. The molecule has 1 aromatic carbocycles. The zero-order valence-electron chi connectivity index (χ0n) is 21.9.